The fourth-order valence-corrected chi connectivity index (χ4v) is 2.89. The van der Waals surface area contributed by atoms with Crippen molar-refractivity contribution in [1.82, 2.24) is 10.2 Å². The van der Waals surface area contributed by atoms with Gasteiger partial charge in [0.1, 0.15) is 0 Å². The first-order valence-corrected chi connectivity index (χ1v) is 9.25. The van der Waals surface area contributed by atoms with Gasteiger partial charge in [-0.1, -0.05) is 11.6 Å². The second kappa shape index (κ2) is 9.50. The van der Waals surface area contributed by atoms with Crippen LogP contribution >= 0.6 is 11.6 Å². The lowest BCUT2D eigenvalue weighted by atomic mass is 10.1. The molecule has 0 atom stereocenters. The van der Waals surface area contributed by atoms with Crippen LogP contribution in [0.4, 0.5) is 5.69 Å². The summed E-state index contributed by atoms with van der Waals surface area (Å²) in [6.07, 6.45) is 0. The minimum Gasteiger partial charge on any atom is -0.379 e. The predicted octanol–water partition coefficient (Wildman–Crippen LogP) is 2.65. The number of hydrogen-bond donors (Lipinski definition) is 2. The molecule has 6 nitrogen and oxygen atoms in total. The van der Waals surface area contributed by atoms with Crippen LogP contribution in [0.2, 0.25) is 5.02 Å². The van der Waals surface area contributed by atoms with Crippen LogP contribution in [0.15, 0.2) is 48.5 Å². The van der Waals surface area contributed by atoms with Crippen LogP contribution in [-0.2, 0) is 4.74 Å². The van der Waals surface area contributed by atoms with Gasteiger partial charge in [-0.05, 0) is 48.5 Å². The summed E-state index contributed by atoms with van der Waals surface area (Å²) in [7, 11) is 0. The van der Waals surface area contributed by atoms with Crippen molar-refractivity contribution in [3.05, 3.63) is 64.7 Å². The number of benzene rings is 2. The number of anilines is 1. The number of nitrogens with zero attached hydrogens (tertiary/aromatic N) is 1. The fourth-order valence-electron chi connectivity index (χ4n) is 2.76. The van der Waals surface area contributed by atoms with Gasteiger partial charge in [0.15, 0.2) is 0 Å². The van der Waals surface area contributed by atoms with Crippen molar-refractivity contribution in [3.8, 4) is 0 Å². The molecular formula is C20H22ClN3O3. The third kappa shape index (κ3) is 5.79. The van der Waals surface area contributed by atoms with E-state index in [2.05, 4.69) is 15.5 Å². The van der Waals surface area contributed by atoms with E-state index < -0.39 is 0 Å². The molecule has 2 aromatic rings. The summed E-state index contributed by atoms with van der Waals surface area (Å²) in [6.45, 7) is 4.70. The van der Waals surface area contributed by atoms with E-state index in [1.807, 2.05) is 0 Å². The SMILES string of the molecule is O=C(NCCN1CCOCC1)c1ccc(NC(=O)c2ccc(Cl)cc2)cc1. The van der Waals surface area contributed by atoms with E-state index >= 15 is 0 Å². The molecule has 0 bridgehead atoms. The zero-order chi connectivity index (χ0) is 19.1. The average Bonchev–Trinajstić information content (AvgIpc) is 2.70. The van der Waals surface area contributed by atoms with Gasteiger partial charge >= 0.3 is 0 Å². The minimum atomic E-state index is -0.227. The maximum atomic E-state index is 12.2. The topological polar surface area (TPSA) is 70.7 Å². The summed E-state index contributed by atoms with van der Waals surface area (Å²) in [5.74, 6) is -0.354. The Morgan fingerprint density at radius 2 is 1.52 bits per heavy atom. The van der Waals surface area contributed by atoms with Crippen LogP contribution in [0.5, 0.6) is 0 Å². The van der Waals surface area contributed by atoms with Gasteiger partial charge in [0, 0.05) is 48.0 Å². The van der Waals surface area contributed by atoms with Crippen LogP contribution in [0.25, 0.3) is 0 Å². The van der Waals surface area contributed by atoms with Gasteiger partial charge < -0.3 is 15.4 Å². The molecule has 1 saturated heterocycles. The zero-order valence-corrected chi connectivity index (χ0v) is 15.7. The summed E-state index contributed by atoms with van der Waals surface area (Å²) >= 11 is 5.83. The fraction of sp³-hybridized carbons (Fsp3) is 0.300. The molecule has 142 valence electrons. The van der Waals surface area contributed by atoms with Crippen LogP contribution < -0.4 is 10.6 Å². The molecule has 0 aliphatic carbocycles. The van der Waals surface area contributed by atoms with Crippen LogP contribution in [0.3, 0.4) is 0 Å². The third-order valence-corrected chi connectivity index (χ3v) is 4.58. The van der Waals surface area contributed by atoms with Crippen molar-refractivity contribution >= 4 is 29.1 Å². The molecule has 0 radical (unpaired) electrons. The molecule has 2 amide bonds. The third-order valence-electron chi connectivity index (χ3n) is 4.33. The van der Waals surface area contributed by atoms with Crippen molar-refractivity contribution in [2.45, 2.75) is 0 Å². The van der Waals surface area contributed by atoms with Crippen molar-refractivity contribution in [2.24, 2.45) is 0 Å². The lowest BCUT2D eigenvalue weighted by Crippen LogP contribution is -2.41. The average molecular weight is 388 g/mol. The molecule has 3 rings (SSSR count). The first kappa shape index (κ1) is 19.4. The van der Waals surface area contributed by atoms with E-state index in [-0.39, 0.29) is 11.8 Å². The molecule has 2 aromatic carbocycles. The van der Waals surface area contributed by atoms with E-state index in [1.165, 1.54) is 0 Å². The monoisotopic (exact) mass is 387 g/mol. The summed E-state index contributed by atoms with van der Waals surface area (Å²) in [5, 5.41) is 6.29. The van der Waals surface area contributed by atoms with Crippen LogP contribution in [0, 0.1) is 0 Å². The number of carbonyl (C=O) groups is 2. The lowest BCUT2D eigenvalue weighted by Gasteiger charge is -2.26. The number of halogens is 1. The second-order valence-electron chi connectivity index (χ2n) is 6.25. The Morgan fingerprint density at radius 1 is 0.926 bits per heavy atom. The summed E-state index contributed by atoms with van der Waals surface area (Å²) in [6, 6.07) is 13.5. The molecule has 1 heterocycles. The number of carbonyl (C=O) groups excluding carboxylic acids is 2. The Morgan fingerprint density at radius 3 is 2.19 bits per heavy atom. The highest BCUT2D eigenvalue weighted by molar-refractivity contribution is 6.30. The molecule has 1 aliphatic heterocycles. The van der Waals surface area contributed by atoms with E-state index in [0.29, 0.717) is 28.4 Å². The molecule has 1 fully saturated rings. The number of rotatable bonds is 6. The minimum absolute atomic E-state index is 0.126. The normalized spacial score (nSPS) is 14.6. The second-order valence-corrected chi connectivity index (χ2v) is 6.68. The first-order valence-electron chi connectivity index (χ1n) is 8.87. The molecule has 27 heavy (non-hydrogen) atoms. The Kier molecular flexibility index (Phi) is 6.81. The Balaban J connectivity index is 1.48. The van der Waals surface area contributed by atoms with E-state index in [9.17, 15) is 9.59 Å². The number of ether oxygens (including phenoxy) is 1. The molecular weight excluding hydrogens is 366 g/mol. The molecule has 0 aromatic heterocycles. The quantitative estimate of drug-likeness (QED) is 0.799. The van der Waals surface area contributed by atoms with Gasteiger partial charge in [0.25, 0.3) is 11.8 Å². The maximum absolute atomic E-state index is 12.2. The van der Waals surface area contributed by atoms with Crippen LogP contribution in [-0.4, -0.2) is 56.1 Å². The molecule has 2 N–H and O–H groups in total. The molecule has 7 heteroatoms. The van der Waals surface area contributed by atoms with E-state index in [4.69, 9.17) is 16.3 Å². The van der Waals surface area contributed by atoms with E-state index in [1.54, 1.807) is 48.5 Å². The zero-order valence-electron chi connectivity index (χ0n) is 14.9. The Labute approximate surface area is 163 Å². The first-order chi connectivity index (χ1) is 13.1. The Bertz CT molecular complexity index is 772. The predicted molar refractivity (Wildman–Crippen MR) is 105 cm³/mol. The summed E-state index contributed by atoms with van der Waals surface area (Å²) in [4.78, 5) is 26.7. The van der Waals surface area contributed by atoms with Gasteiger partial charge in [-0.3, -0.25) is 14.5 Å². The van der Waals surface area contributed by atoms with E-state index in [0.717, 1.165) is 32.8 Å². The highest BCUT2D eigenvalue weighted by atomic mass is 35.5. The number of nitrogens with one attached hydrogen (secondary N) is 2. The van der Waals surface area contributed by atoms with Gasteiger partial charge in [-0.15, -0.1) is 0 Å². The highest BCUT2D eigenvalue weighted by Crippen LogP contribution is 2.14. The number of morpholine rings is 1. The molecule has 0 saturated carbocycles. The largest absolute Gasteiger partial charge is 0.379 e. The van der Waals surface area contributed by atoms with Crippen molar-refractivity contribution in [2.75, 3.05) is 44.7 Å². The van der Waals surface area contributed by atoms with Crippen molar-refractivity contribution < 1.29 is 14.3 Å². The standard InChI is InChI=1S/C20H22ClN3O3/c21-17-5-1-16(2-6-17)20(26)23-18-7-3-15(4-8-18)19(25)22-9-10-24-11-13-27-14-12-24/h1-8H,9-14H2,(H,22,25)(H,23,26). The summed E-state index contributed by atoms with van der Waals surface area (Å²) < 4.78 is 5.30. The molecule has 0 unspecified atom stereocenters. The maximum Gasteiger partial charge on any atom is 0.255 e. The van der Waals surface area contributed by atoms with Gasteiger partial charge in [0.2, 0.25) is 0 Å². The lowest BCUT2D eigenvalue weighted by molar-refractivity contribution is 0.0383. The van der Waals surface area contributed by atoms with Crippen molar-refractivity contribution in [1.29, 1.82) is 0 Å². The molecule has 1 aliphatic rings. The van der Waals surface area contributed by atoms with Gasteiger partial charge in [-0.2, -0.15) is 0 Å². The van der Waals surface area contributed by atoms with Gasteiger partial charge in [0.05, 0.1) is 13.2 Å². The van der Waals surface area contributed by atoms with Crippen molar-refractivity contribution in [3.63, 3.8) is 0 Å². The smallest absolute Gasteiger partial charge is 0.255 e. The molecule has 0 spiro atoms. The number of amides is 2. The Hall–Kier alpha value is -2.41. The van der Waals surface area contributed by atoms with Crippen LogP contribution in [0.1, 0.15) is 20.7 Å². The van der Waals surface area contributed by atoms with Gasteiger partial charge in [-0.25, -0.2) is 0 Å². The highest BCUT2D eigenvalue weighted by Gasteiger charge is 2.11. The summed E-state index contributed by atoms with van der Waals surface area (Å²) in [5.41, 5.74) is 1.70. The number of hydrogen-bond acceptors (Lipinski definition) is 4.